The van der Waals surface area contributed by atoms with E-state index in [1.165, 1.54) is 6.33 Å². The third-order valence-corrected chi connectivity index (χ3v) is 2.97. The molecule has 6 heteroatoms. The normalized spacial score (nSPS) is 19.3. The lowest BCUT2D eigenvalue weighted by Gasteiger charge is -2.31. The van der Waals surface area contributed by atoms with Crippen molar-refractivity contribution >= 4 is 5.97 Å². The van der Waals surface area contributed by atoms with Gasteiger partial charge < -0.3 is 10.5 Å². The Morgan fingerprint density at radius 3 is 2.61 bits per heavy atom. The predicted octanol–water partition coefficient (Wildman–Crippen LogP) is 0.727. The van der Waals surface area contributed by atoms with Gasteiger partial charge in [-0.05, 0) is 39.5 Å². The topological polar surface area (TPSA) is 83.0 Å². The Labute approximate surface area is 107 Å². The first-order chi connectivity index (χ1) is 8.31. The van der Waals surface area contributed by atoms with E-state index in [0.29, 0.717) is 6.54 Å². The summed E-state index contributed by atoms with van der Waals surface area (Å²) in [4.78, 5) is 16.1. The van der Waals surface area contributed by atoms with Gasteiger partial charge in [0, 0.05) is 0 Å². The van der Waals surface area contributed by atoms with Crippen molar-refractivity contribution in [3.05, 3.63) is 12.7 Å². The number of nitrogens with two attached hydrogens (primary N) is 1. The first-order valence-corrected chi connectivity index (χ1v) is 6.16. The van der Waals surface area contributed by atoms with Gasteiger partial charge in [0.1, 0.15) is 23.8 Å². The lowest BCUT2D eigenvalue weighted by Crippen LogP contribution is -2.56. The summed E-state index contributed by atoms with van der Waals surface area (Å²) in [6, 6.07) is 0. The molecular formula is C12H20N4O2. The molecule has 1 aliphatic carbocycles. The average molecular weight is 252 g/mol. The summed E-state index contributed by atoms with van der Waals surface area (Å²) in [6.07, 6.45) is 4.92. The van der Waals surface area contributed by atoms with Crippen molar-refractivity contribution < 1.29 is 9.53 Å². The number of esters is 1. The number of rotatable bonds is 4. The van der Waals surface area contributed by atoms with Crippen LogP contribution in [0.15, 0.2) is 12.7 Å². The average Bonchev–Trinajstić information content (AvgIpc) is 2.97. The second kappa shape index (κ2) is 4.35. The van der Waals surface area contributed by atoms with Crippen LogP contribution < -0.4 is 5.73 Å². The highest BCUT2D eigenvalue weighted by Crippen LogP contribution is 2.40. The predicted molar refractivity (Wildman–Crippen MR) is 65.5 cm³/mol. The van der Waals surface area contributed by atoms with E-state index in [2.05, 4.69) is 10.1 Å². The molecular weight excluding hydrogens is 232 g/mol. The Bertz CT molecular complexity index is 420. The third kappa shape index (κ3) is 2.87. The van der Waals surface area contributed by atoms with Crippen molar-refractivity contribution in [2.24, 2.45) is 11.7 Å². The lowest BCUT2D eigenvalue weighted by atomic mass is 9.94. The number of hydrogen-bond acceptors (Lipinski definition) is 5. The van der Waals surface area contributed by atoms with Crippen molar-refractivity contribution in [2.75, 3.05) is 0 Å². The van der Waals surface area contributed by atoms with Gasteiger partial charge in [0.15, 0.2) is 0 Å². The Morgan fingerprint density at radius 1 is 1.50 bits per heavy atom. The SMILES string of the molecule is CC(C)(C)OC(=O)C(N)(Cn1cncn1)C1CC1. The van der Waals surface area contributed by atoms with Crippen molar-refractivity contribution in [3.63, 3.8) is 0 Å². The molecule has 0 bridgehead atoms. The van der Waals surface area contributed by atoms with Crippen LogP contribution in [0, 0.1) is 5.92 Å². The zero-order chi connectivity index (χ0) is 13.4. The highest BCUT2D eigenvalue weighted by molar-refractivity contribution is 5.81. The maximum Gasteiger partial charge on any atom is 0.328 e. The first-order valence-electron chi connectivity index (χ1n) is 6.16. The fourth-order valence-electron chi connectivity index (χ4n) is 1.91. The Hall–Kier alpha value is -1.43. The zero-order valence-corrected chi connectivity index (χ0v) is 11.1. The van der Waals surface area contributed by atoms with Gasteiger partial charge in [-0.3, -0.25) is 4.68 Å². The Balaban J connectivity index is 2.13. The first kappa shape index (κ1) is 13.0. The summed E-state index contributed by atoms with van der Waals surface area (Å²) < 4.78 is 7.01. The van der Waals surface area contributed by atoms with Crippen molar-refractivity contribution in [1.82, 2.24) is 14.8 Å². The minimum Gasteiger partial charge on any atom is -0.459 e. The van der Waals surface area contributed by atoms with Crippen molar-refractivity contribution in [2.45, 2.75) is 51.3 Å². The molecule has 2 rings (SSSR count). The lowest BCUT2D eigenvalue weighted by molar-refractivity contribution is -0.163. The Morgan fingerprint density at radius 2 is 2.17 bits per heavy atom. The maximum atomic E-state index is 12.3. The van der Waals surface area contributed by atoms with Crippen LogP contribution in [0.25, 0.3) is 0 Å². The molecule has 1 aliphatic rings. The molecule has 18 heavy (non-hydrogen) atoms. The van der Waals surface area contributed by atoms with Crippen LogP contribution in [0.3, 0.4) is 0 Å². The molecule has 1 fully saturated rings. The highest BCUT2D eigenvalue weighted by atomic mass is 16.6. The van der Waals surface area contributed by atoms with Crippen LogP contribution in [0.1, 0.15) is 33.6 Å². The van der Waals surface area contributed by atoms with Crippen LogP contribution >= 0.6 is 0 Å². The van der Waals surface area contributed by atoms with E-state index in [1.807, 2.05) is 20.8 Å². The van der Waals surface area contributed by atoms with E-state index in [4.69, 9.17) is 10.5 Å². The molecule has 2 N–H and O–H groups in total. The monoisotopic (exact) mass is 252 g/mol. The van der Waals surface area contributed by atoms with E-state index in [1.54, 1.807) is 11.0 Å². The van der Waals surface area contributed by atoms with Gasteiger partial charge >= 0.3 is 5.97 Å². The number of carbonyl (C=O) groups is 1. The number of aromatic nitrogens is 3. The summed E-state index contributed by atoms with van der Waals surface area (Å²) in [5, 5.41) is 4.01. The zero-order valence-electron chi connectivity index (χ0n) is 11.1. The molecule has 1 aromatic heterocycles. The van der Waals surface area contributed by atoms with Gasteiger partial charge in [-0.2, -0.15) is 5.10 Å². The summed E-state index contributed by atoms with van der Waals surface area (Å²) >= 11 is 0. The summed E-state index contributed by atoms with van der Waals surface area (Å²) in [6.45, 7) is 5.83. The molecule has 0 spiro atoms. The maximum absolute atomic E-state index is 12.3. The van der Waals surface area contributed by atoms with E-state index >= 15 is 0 Å². The molecule has 100 valence electrons. The fraction of sp³-hybridized carbons (Fsp3) is 0.750. The molecule has 1 unspecified atom stereocenters. The molecule has 1 aromatic rings. The van der Waals surface area contributed by atoms with Crippen LogP contribution in [0.4, 0.5) is 0 Å². The van der Waals surface area contributed by atoms with Crippen LogP contribution in [-0.2, 0) is 16.1 Å². The Kier molecular flexibility index (Phi) is 3.14. The largest absolute Gasteiger partial charge is 0.459 e. The number of hydrogen-bond donors (Lipinski definition) is 1. The molecule has 0 aliphatic heterocycles. The minimum atomic E-state index is -0.999. The van der Waals surface area contributed by atoms with Gasteiger partial charge in [-0.15, -0.1) is 0 Å². The van der Waals surface area contributed by atoms with E-state index in [-0.39, 0.29) is 11.9 Å². The molecule has 6 nitrogen and oxygen atoms in total. The second-order valence-corrected chi connectivity index (χ2v) is 5.91. The molecule has 1 heterocycles. The standard InChI is InChI=1S/C12H20N4O2/c1-11(2,3)18-10(17)12(13,9-4-5-9)6-16-8-14-7-15-16/h7-9H,4-6,13H2,1-3H3. The summed E-state index contributed by atoms with van der Waals surface area (Å²) in [5.41, 5.74) is 4.75. The fourth-order valence-corrected chi connectivity index (χ4v) is 1.91. The summed E-state index contributed by atoms with van der Waals surface area (Å²) in [7, 11) is 0. The van der Waals surface area contributed by atoms with E-state index in [9.17, 15) is 4.79 Å². The second-order valence-electron chi connectivity index (χ2n) is 5.91. The van der Waals surface area contributed by atoms with Crippen LogP contribution in [0.5, 0.6) is 0 Å². The molecule has 1 saturated carbocycles. The number of carbonyl (C=O) groups excluding carboxylic acids is 1. The van der Waals surface area contributed by atoms with Gasteiger partial charge in [0.05, 0.1) is 6.54 Å². The molecule has 0 saturated heterocycles. The minimum absolute atomic E-state index is 0.177. The molecule has 0 radical (unpaired) electrons. The van der Waals surface area contributed by atoms with Gasteiger partial charge in [-0.1, -0.05) is 0 Å². The van der Waals surface area contributed by atoms with E-state index < -0.39 is 11.1 Å². The quantitative estimate of drug-likeness (QED) is 0.799. The van der Waals surface area contributed by atoms with Gasteiger partial charge in [0.25, 0.3) is 0 Å². The molecule has 0 aromatic carbocycles. The number of ether oxygens (including phenoxy) is 1. The number of nitrogens with zero attached hydrogens (tertiary/aromatic N) is 3. The van der Waals surface area contributed by atoms with Crippen molar-refractivity contribution in [1.29, 1.82) is 0 Å². The van der Waals surface area contributed by atoms with Crippen molar-refractivity contribution in [3.8, 4) is 0 Å². The third-order valence-electron chi connectivity index (χ3n) is 2.97. The van der Waals surface area contributed by atoms with Crippen LogP contribution in [0.2, 0.25) is 0 Å². The van der Waals surface area contributed by atoms with Gasteiger partial charge in [-0.25, -0.2) is 9.78 Å². The van der Waals surface area contributed by atoms with Gasteiger partial charge in [0.2, 0.25) is 0 Å². The molecule has 1 atom stereocenters. The molecule has 0 amide bonds. The highest BCUT2D eigenvalue weighted by Gasteiger charge is 2.50. The van der Waals surface area contributed by atoms with E-state index in [0.717, 1.165) is 12.8 Å². The van der Waals surface area contributed by atoms with Crippen LogP contribution in [-0.4, -0.2) is 31.9 Å². The smallest absolute Gasteiger partial charge is 0.328 e. The summed E-state index contributed by atoms with van der Waals surface area (Å²) in [5.74, 6) is -0.176.